The Labute approximate surface area is 160 Å². The lowest BCUT2D eigenvalue weighted by molar-refractivity contribution is -0.123. The lowest BCUT2D eigenvalue weighted by Crippen LogP contribution is -2.47. The molecule has 1 fully saturated rings. The van der Waals surface area contributed by atoms with Crippen molar-refractivity contribution in [2.75, 3.05) is 11.9 Å². The van der Waals surface area contributed by atoms with Gasteiger partial charge in [-0.25, -0.2) is 9.69 Å². The van der Waals surface area contributed by atoms with Gasteiger partial charge in [-0.15, -0.1) is 0 Å². The SMILES string of the molecule is CN1C(=O)N(c2cc(Cl)cc(Cl)c2)C(=O)C1(C)Cc1cccc(Cl)c1. The summed E-state index contributed by atoms with van der Waals surface area (Å²) < 4.78 is 0. The van der Waals surface area contributed by atoms with Crippen LogP contribution in [0, 0.1) is 0 Å². The molecule has 1 saturated heterocycles. The second-order valence-electron chi connectivity index (χ2n) is 6.19. The number of hydrogen-bond acceptors (Lipinski definition) is 2. The first kappa shape index (κ1) is 18.1. The zero-order valence-corrected chi connectivity index (χ0v) is 15.9. The Kier molecular flexibility index (Phi) is 4.71. The molecule has 2 aromatic carbocycles. The van der Waals surface area contributed by atoms with Crippen LogP contribution in [0.1, 0.15) is 12.5 Å². The molecule has 3 amide bonds. The Balaban J connectivity index is 1.99. The van der Waals surface area contributed by atoms with Crippen LogP contribution in [0.2, 0.25) is 15.1 Å². The fourth-order valence-electron chi connectivity index (χ4n) is 2.97. The van der Waals surface area contributed by atoms with E-state index in [-0.39, 0.29) is 5.91 Å². The number of nitrogens with zero attached hydrogens (tertiary/aromatic N) is 2. The molecule has 1 aliphatic rings. The summed E-state index contributed by atoms with van der Waals surface area (Å²) in [7, 11) is 1.61. The molecule has 3 rings (SSSR count). The van der Waals surface area contributed by atoms with E-state index in [0.717, 1.165) is 10.5 Å². The molecule has 1 heterocycles. The summed E-state index contributed by atoms with van der Waals surface area (Å²) in [4.78, 5) is 28.4. The molecule has 25 heavy (non-hydrogen) atoms. The Bertz CT molecular complexity index is 851. The van der Waals surface area contributed by atoms with Gasteiger partial charge in [0.15, 0.2) is 0 Å². The molecular formula is C18H15Cl3N2O2. The minimum atomic E-state index is -1.03. The zero-order chi connectivity index (χ0) is 18.4. The first-order valence-corrected chi connectivity index (χ1v) is 8.68. The van der Waals surface area contributed by atoms with Crippen molar-refractivity contribution in [3.05, 3.63) is 63.1 Å². The van der Waals surface area contributed by atoms with Gasteiger partial charge in [0.2, 0.25) is 0 Å². The van der Waals surface area contributed by atoms with E-state index in [1.165, 1.54) is 4.90 Å². The molecule has 1 unspecified atom stereocenters. The molecule has 1 aliphatic heterocycles. The van der Waals surface area contributed by atoms with Gasteiger partial charge in [0.25, 0.3) is 5.91 Å². The van der Waals surface area contributed by atoms with Gasteiger partial charge in [0.1, 0.15) is 5.54 Å². The Morgan fingerprint density at radius 1 is 0.960 bits per heavy atom. The number of carbonyl (C=O) groups is 2. The van der Waals surface area contributed by atoms with Gasteiger partial charge < -0.3 is 4.90 Å². The van der Waals surface area contributed by atoms with Crippen LogP contribution in [0.25, 0.3) is 0 Å². The number of carbonyl (C=O) groups excluding carboxylic acids is 2. The maximum absolute atomic E-state index is 13.1. The fraction of sp³-hybridized carbons (Fsp3) is 0.222. The normalized spacial score (nSPS) is 20.5. The van der Waals surface area contributed by atoms with E-state index in [1.54, 1.807) is 44.3 Å². The van der Waals surface area contributed by atoms with E-state index in [4.69, 9.17) is 34.8 Å². The molecule has 1 atom stereocenters. The molecule has 0 radical (unpaired) electrons. The van der Waals surface area contributed by atoms with Gasteiger partial charge in [-0.2, -0.15) is 0 Å². The maximum Gasteiger partial charge on any atom is 0.332 e. The van der Waals surface area contributed by atoms with Crippen LogP contribution in [-0.4, -0.2) is 29.4 Å². The summed E-state index contributed by atoms with van der Waals surface area (Å²) in [5.74, 6) is -0.335. The van der Waals surface area contributed by atoms with Crippen molar-refractivity contribution < 1.29 is 9.59 Å². The van der Waals surface area contributed by atoms with Crippen LogP contribution in [0.4, 0.5) is 10.5 Å². The Hall–Kier alpha value is -1.75. The van der Waals surface area contributed by atoms with Crippen molar-refractivity contribution in [2.24, 2.45) is 0 Å². The molecule has 7 heteroatoms. The van der Waals surface area contributed by atoms with Crippen LogP contribution in [0.15, 0.2) is 42.5 Å². The average molecular weight is 398 g/mol. The van der Waals surface area contributed by atoms with Crippen LogP contribution < -0.4 is 4.90 Å². The zero-order valence-electron chi connectivity index (χ0n) is 13.6. The third-order valence-electron chi connectivity index (χ3n) is 4.43. The first-order chi connectivity index (χ1) is 11.7. The number of hydrogen-bond donors (Lipinski definition) is 0. The van der Waals surface area contributed by atoms with E-state index in [0.29, 0.717) is 27.2 Å². The highest BCUT2D eigenvalue weighted by molar-refractivity contribution is 6.35. The topological polar surface area (TPSA) is 40.6 Å². The minimum absolute atomic E-state index is 0.335. The van der Waals surface area contributed by atoms with Crippen molar-refractivity contribution in [3.8, 4) is 0 Å². The molecule has 2 aromatic rings. The number of imide groups is 1. The number of halogens is 3. The highest BCUT2D eigenvalue weighted by Crippen LogP contribution is 2.36. The van der Waals surface area contributed by atoms with Gasteiger partial charge in [0.05, 0.1) is 5.69 Å². The number of anilines is 1. The maximum atomic E-state index is 13.1. The van der Waals surface area contributed by atoms with Crippen LogP contribution in [0.3, 0.4) is 0 Å². The summed E-state index contributed by atoms with van der Waals surface area (Å²) in [6, 6.07) is 11.5. The summed E-state index contributed by atoms with van der Waals surface area (Å²) in [6.07, 6.45) is 0.347. The van der Waals surface area contributed by atoms with Crippen LogP contribution >= 0.6 is 34.8 Å². The number of urea groups is 1. The predicted octanol–water partition coefficient (Wildman–Crippen LogP) is 5.05. The second kappa shape index (κ2) is 6.52. The lowest BCUT2D eigenvalue weighted by Gasteiger charge is -2.28. The van der Waals surface area contributed by atoms with E-state index in [2.05, 4.69) is 0 Å². The minimum Gasteiger partial charge on any atom is -0.312 e. The van der Waals surface area contributed by atoms with Crippen LogP contribution in [0.5, 0.6) is 0 Å². The highest BCUT2D eigenvalue weighted by atomic mass is 35.5. The molecule has 0 aliphatic carbocycles. The lowest BCUT2D eigenvalue weighted by atomic mass is 9.91. The van der Waals surface area contributed by atoms with Gasteiger partial charge in [0, 0.05) is 28.5 Å². The van der Waals surface area contributed by atoms with E-state index in [1.807, 2.05) is 12.1 Å². The summed E-state index contributed by atoms with van der Waals surface area (Å²) in [5.41, 5.74) is 0.194. The summed E-state index contributed by atoms with van der Waals surface area (Å²) >= 11 is 18.1. The number of benzene rings is 2. The smallest absolute Gasteiger partial charge is 0.312 e. The van der Waals surface area contributed by atoms with Crippen molar-refractivity contribution in [1.29, 1.82) is 0 Å². The Morgan fingerprint density at radius 2 is 1.60 bits per heavy atom. The summed E-state index contributed by atoms with van der Waals surface area (Å²) in [5, 5.41) is 1.29. The largest absolute Gasteiger partial charge is 0.332 e. The molecule has 0 aromatic heterocycles. The van der Waals surface area contributed by atoms with Crippen molar-refractivity contribution in [3.63, 3.8) is 0 Å². The van der Waals surface area contributed by atoms with E-state index >= 15 is 0 Å². The molecule has 0 spiro atoms. The van der Waals surface area contributed by atoms with Gasteiger partial charge in [-0.1, -0.05) is 46.9 Å². The Morgan fingerprint density at radius 3 is 2.20 bits per heavy atom. The number of likely N-dealkylation sites (N-methyl/N-ethyl adjacent to an activating group) is 1. The van der Waals surface area contributed by atoms with E-state index < -0.39 is 11.6 Å². The van der Waals surface area contributed by atoms with Crippen molar-refractivity contribution in [2.45, 2.75) is 18.9 Å². The predicted molar refractivity (Wildman–Crippen MR) is 101 cm³/mol. The molecular weight excluding hydrogens is 383 g/mol. The third-order valence-corrected chi connectivity index (χ3v) is 5.10. The number of amides is 3. The van der Waals surface area contributed by atoms with Crippen LogP contribution in [-0.2, 0) is 11.2 Å². The van der Waals surface area contributed by atoms with Gasteiger partial charge in [-0.3, -0.25) is 4.79 Å². The van der Waals surface area contributed by atoms with Gasteiger partial charge >= 0.3 is 6.03 Å². The third kappa shape index (κ3) is 3.22. The monoisotopic (exact) mass is 396 g/mol. The standard InChI is InChI=1S/C18H15Cl3N2O2/c1-18(10-11-4-3-5-12(19)6-11)16(24)23(17(25)22(18)2)15-8-13(20)7-14(21)9-15/h3-9H,10H2,1-2H3. The average Bonchev–Trinajstić information content (AvgIpc) is 2.68. The van der Waals surface area contributed by atoms with Crippen molar-refractivity contribution >= 4 is 52.4 Å². The molecule has 130 valence electrons. The second-order valence-corrected chi connectivity index (χ2v) is 7.50. The highest BCUT2D eigenvalue weighted by Gasteiger charge is 2.53. The molecule has 0 bridgehead atoms. The fourth-order valence-corrected chi connectivity index (χ4v) is 3.69. The van der Waals surface area contributed by atoms with Gasteiger partial charge in [-0.05, 0) is 42.8 Å². The van der Waals surface area contributed by atoms with Crippen molar-refractivity contribution in [1.82, 2.24) is 4.90 Å². The molecule has 0 N–H and O–H groups in total. The van der Waals surface area contributed by atoms with E-state index in [9.17, 15) is 9.59 Å². The number of rotatable bonds is 3. The molecule has 0 saturated carbocycles. The first-order valence-electron chi connectivity index (χ1n) is 7.55. The quantitative estimate of drug-likeness (QED) is 0.680. The summed E-state index contributed by atoms with van der Waals surface area (Å²) in [6.45, 7) is 1.74. The molecule has 4 nitrogen and oxygen atoms in total.